The van der Waals surface area contributed by atoms with Crippen molar-refractivity contribution in [2.45, 2.75) is 13.0 Å². The van der Waals surface area contributed by atoms with E-state index in [0.29, 0.717) is 22.2 Å². The van der Waals surface area contributed by atoms with Crippen LogP contribution in [0.25, 0.3) is 0 Å². The summed E-state index contributed by atoms with van der Waals surface area (Å²) >= 11 is 15.2. The molecule has 0 radical (unpaired) electrons. The number of nitrogens with one attached hydrogen (secondary N) is 1. The quantitative estimate of drug-likeness (QED) is 0.732. The van der Waals surface area contributed by atoms with Gasteiger partial charge < -0.3 is 5.32 Å². The van der Waals surface area contributed by atoms with Crippen LogP contribution in [0.5, 0.6) is 0 Å². The van der Waals surface area contributed by atoms with E-state index in [1.54, 1.807) is 24.3 Å². The Labute approximate surface area is 136 Å². The van der Waals surface area contributed by atoms with E-state index in [2.05, 4.69) is 21.2 Å². The fourth-order valence-electron chi connectivity index (χ4n) is 2.06. The van der Waals surface area contributed by atoms with Crippen molar-refractivity contribution in [3.8, 4) is 0 Å². The van der Waals surface area contributed by atoms with Crippen molar-refractivity contribution in [1.29, 1.82) is 0 Å². The summed E-state index contributed by atoms with van der Waals surface area (Å²) < 4.78 is 15.0. The molecule has 0 saturated heterocycles. The Kier molecular flexibility index (Phi) is 5.44. The summed E-state index contributed by atoms with van der Waals surface area (Å²) in [6.07, 6.45) is 0. The van der Waals surface area contributed by atoms with E-state index >= 15 is 0 Å². The van der Waals surface area contributed by atoms with Gasteiger partial charge in [0, 0.05) is 20.1 Å². The first-order chi connectivity index (χ1) is 9.52. The SMILES string of the molecule is CCNC(c1ccc(Cl)cc1F)c1ccc(Cl)cc1Br. The topological polar surface area (TPSA) is 12.0 Å². The molecule has 20 heavy (non-hydrogen) atoms. The van der Waals surface area contributed by atoms with Gasteiger partial charge in [-0.2, -0.15) is 0 Å². The van der Waals surface area contributed by atoms with Gasteiger partial charge in [0.05, 0.1) is 6.04 Å². The van der Waals surface area contributed by atoms with Crippen LogP contribution < -0.4 is 5.32 Å². The lowest BCUT2D eigenvalue weighted by Crippen LogP contribution is -2.23. The number of rotatable bonds is 4. The second-order valence-electron chi connectivity index (χ2n) is 4.32. The second kappa shape index (κ2) is 6.90. The molecule has 0 aromatic heterocycles. The molecule has 0 bridgehead atoms. The van der Waals surface area contributed by atoms with Crippen LogP contribution in [0.4, 0.5) is 4.39 Å². The molecule has 106 valence electrons. The van der Waals surface area contributed by atoms with Crippen LogP contribution >= 0.6 is 39.1 Å². The molecule has 1 atom stereocenters. The summed E-state index contributed by atoms with van der Waals surface area (Å²) in [4.78, 5) is 0. The van der Waals surface area contributed by atoms with Gasteiger partial charge in [0.15, 0.2) is 0 Å². The summed E-state index contributed by atoms with van der Waals surface area (Å²) in [6, 6.07) is 9.93. The second-order valence-corrected chi connectivity index (χ2v) is 6.05. The van der Waals surface area contributed by atoms with Gasteiger partial charge in [-0.25, -0.2) is 4.39 Å². The largest absolute Gasteiger partial charge is 0.306 e. The Hall–Kier alpha value is -0.610. The Balaban J connectivity index is 2.50. The number of hydrogen-bond donors (Lipinski definition) is 1. The molecule has 0 heterocycles. The number of halogens is 4. The third-order valence-corrected chi connectivity index (χ3v) is 4.11. The zero-order valence-electron chi connectivity index (χ0n) is 10.8. The van der Waals surface area contributed by atoms with Crippen LogP contribution in [0.2, 0.25) is 10.0 Å². The van der Waals surface area contributed by atoms with Crippen molar-refractivity contribution in [3.05, 3.63) is 67.9 Å². The summed E-state index contributed by atoms with van der Waals surface area (Å²) in [5, 5.41) is 4.30. The predicted molar refractivity (Wildman–Crippen MR) is 86.1 cm³/mol. The Bertz CT molecular complexity index is 567. The minimum atomic E-state index is -0.328. The molecule has 2 aromatic rings. The lowest BCUT2D eigenvalue weighted by atomic mass is 9.98. The first-order valence-electron chi connectivity index (χ1n) is 6.16. The van der Waals surface area contributed by atoms with Crippen LogP contribution in [-0.4, -0.2) is 6.54 Å². The van der Waals surface area contributed by atoms with Crippen LogP contribution in [0.1, 0.15) is 24.1 Å². The van der Waals surface area contributed by atoms with E-state index in [1.165, 1.54) is 6.07 Å². The molecule has 5 heteroatoms. The molecule has 0 saturated carbocycles. The molecule has 0 spiro atoms. The molecule has 0 amide bonds. The molecule has 0 aliphatic heterocycles. The minimum absolute atomic E-state index is 0.260. The molecule has 1 N–H and O–H groups in total. The highest BCUT2D eigenvalue weighted by molar-refractivity contribution is 9.10. The van der Waals surface area contributed by atoms with Gasteiger partial charge >= 0.3 is 0 Å². The van der Waals surface area contributed by atoms with Crippen LogP contribution in [0.3, 0.4) is 0 Å². The van der Waals surface area contributed by atoms with Gasteiger partial charge in [0.25, 0.3) is 0 Å². The van der Waals surface area contributed by atoms with E-state index in [9.17, 15) is 4.39 Å². The van der Waals surface area contributed by atoms with E-state index in [-0.39, 0.29) is 11.9 Å². The average molecular weight is 377 g/mol. The molecule has 1 unspecified atom stereocenters. The van der Waals surface area contributed by atoms with Gasteiger partial charge in [0.2, 0.25) is 0 Å². The zero-order chi connectivity index (χ0) is 14.7. The van der Waals surface area contributed by atoms with Crippen molar-refractivity contribution in [1.82, 2.24) is 5.32 Å². The Morgan fingerprint density at radius 3 is 2.25 bits per heavy atom. The molecule has 2 aromatic carbocycles. The highest BCUT2D eigenvalue weighted by Crippen LogP contribution is 2.32. The monoisotopic (exact) mass is 375 g/mol. The molecular weight excluding hydrogens is 364 g/mol. The third kappa shape index (κ3) is 3.53. The van der Waals surface area contributed by atoms with Crippen LogP contribution in [0, 0.1) is 5.82 Å². The molecule has 0 fully saturated rings. The fraction of sp³-hybridized carbons (Fsp3) is 0.200. The number of benzene rings is 2. The Morgan fingerprint density at radius 1 is 1.10 bits per heavy atom. The summed E-state index contributed by atoms with van der Waals surface area (Å²) in [6.45, 7) is 2.69. The van der Waals surface area contributed by atoms with Gasteiger partial charge in [0.1, 0.15) is 5.82 Å². The maximum atomic E-state index is 14.2. The fourth-order valence-corrected chi connectivity index (χ4v) is 3.13. The van der Waals surface area contributed by atoms with Crippen molar-refractivity contribution >= 4 is 39.1 Å². The average Bonchev–Trinajstić information content (AvgIpc) is 2.37. The van der Waals surface area contributed by atoms with Gasteiger partial charge in [-0.1, -0.05) is 58.2 Å². The van der Waals surface area contributed by atoms with E-state index in [0.717, 1.165) is 10.0 Å². The first kappa shape index (κ1) is 15.8. The van der Waals surface area contributed by atoms with Crippen molar-refractivity contribution in [2.75, 3.05) is 6.54 Å². The lowest BCUT2D eigenvalue weighted by molar-refractivity contribution is 0.558. The lowest BCUT2D eigenvalue weighted by Gasteiger charge is -2.21. The number of hydrogen-bond acceptors (Lipinski definition) is 1. The Morgan fingerprint density at radius 2 is 1.70 bits per heavy atom. The summed E-state index contributed by atoms with van der Waals surface area (Å²) in [7, 11) is 0. The van der Waals surface area contributed by atoms with Gasteiger partial charge in [-0.3, -0.25) is 0 Å². The molecule has 0 aliphatic carbocycles. The smallest absolute Gasteiger partial charge is 0.129 e. The maximum absolute atomic E-state index is 14.2. The van der Waals surface area contributed by atoms with E-state index in [1.807, 2.05) is 13.0 Å². The highest BCUT2D eigenvalue weighted by atomic mass is 79.9. The van der Waals surface area contributed by atoms with Crippen molar-refractivity contribution in [3.63, 3.8) is 0 Å². The molecular formula is C15H13BrCl2FN. The van der Waals surface area contributed by atoms with E-state index in [4.69, 9.17) is 23.2 Å². The van der Waals surface area contributed by atoms with Crippen LogP contribution in [-0.2, 0) is 0 Å². The third-order valence-electron chi connectivity index (χ3n) is 2.96. The van der Waals surface area contributed by atoms with Crippen molar-refractivity contribution < 1.29 is 4.39 Å². The molecule has 2 rings (SSSR count). The van der Waals surface area contributed by atoms with Crippen LogP contribution in [0.15, 0.2) is 40.9 Å². The predicted octanol–water partition coefficient (Wildman–Crippen LogP) is 5.59. The minimum Gasteiger partial charge on any atom is -0.306 e. The first-order valence-corrected chi connectivity index (χ1v) is 7.71. The van der Waals surface area contributed by atoms with Gasteiger partial charge in [-0.05, 0) is 36.4 Å². The zero-order valence-corrected chi connectivity index (χ0v) is 13.9. The summed E-state index contributed by atoms with van der Waals surface area (Å²) in [5.41, 5.74) is 1.48. The summed E-state index contributed by atoms with van der Waals surface area (Å²) in [5.74, 6) is -0.328. The normalized spacial score (nSPS) is 12.4. The standard InChI is InChI=1S/C15H13BrCl2FN/c1-2-20-15(11-5-3-9(17)7-13(11)16)12-6-4-10(18)8-14(12)19/h3-8,15,20H,2H2,1H3. The molecule has 1 nitrogen and oxygen atoms in total. The van der Waals surface area contributed by atoms with E-state index < -0.39 is 0 Å². The van der Waals surface area contributed by atoms with Gasteiger partial charge in [-0.15, -0.1) is 0 Å². The maximum Gasteiger partial charge on any atom is 0.129 e. The highest BCUT2D eigenvalue weighted by Gasteiger charge is 2.19. The molecule has 0 aliphatic rings. The van der Waals surface area contributed by atoms with Crippen molar-refractivity contribution in [2.24, 2.45) is 0 Å².